The number of carbonyl (C=O) groups excluding carboxylic acids is 1. The molecule has 0 amide bonds. The van der Waals surface area contributed by atoms with E-state index in [2.05, 4.69) is 20.1 Å². The number of benzene rings is 1. The van der Waals surface area contributed by atoms with Gasteiger partial charge in [0.25, 0.3) is 0 Å². The van der Waals surface area contributed by atoms with Gasteiger partial charge < -0.3 is 9.84 Å². The number of phenols is 1. The second-order valence-corrected chi connectivity index (χ2v) is 8.43. The van der Waals surface area contributed by atoms with E-state index >= 15 is 0 Å². The van der Waals surface area contributed by atoms with Crippen molar-refractivity contribution in [3.05, 3.63) is 42.5 Å². The van der Waals surface area contributed by atoms with Crippen molar-refractivity contribution in [2.45, 2.75) is 51.0 Å². The molecule has 0 aromatic heterocycles. The number of rotatable bonds is 5. The number of esters is 1. The molecular weight excluding hydrogens is 324 g/mol. The maximum absolute atomic E-state index is 13.0. The highest BCUT2D eigenvalue weighted by Gasteiger charge is 2.58. The van der Waals surface area contributed by atoms with Crippen molar-refractivity contribution < 1.29 is 14.6 Å². The molecular formula is C23H28O3. The van der Waals surface area contributed by atoms with Gasteiger partial charge in [-0.05, 0) is 62.2 Å². The smallest absolute Gasteiger partial charge is 0.338 e. The van der Waals surface area contributed by atoms with Crippen LogP contribution in [0.1, 0.15) is 56.6 Å². The summed E-state index contributed by atoms with van der Waals surface area (Å²) < 4.78 is 6.23. The first kappa shape index (κ1) is 17.4. The second-order valence-electron chi connectivity index (χ2n) is 8.43. The fourth-order valence-electron chi connectivity index (χ4n) is 6.11. The van der Waals surface area contributed by atoms with Crippen molar-refractivity contribution in [2.24, 2.45) is 23.7 Å². The summed E-state index contributed by atoms with van der Waals surface area (Å²) >= 11 is 0. The van der Waals surface area contributed by atoms with Gasteiger partial charge in [0.1, 0.15) is 11.4 Å². The first-order chi connectivity index (χ1) is 12.5. The molecule has 4 bridgehead atoms. The van der Waals surface area contributed by atoms with Crippen LogP contribution in [0, 0.1) is 23.7 Å². The molecule has 138 valence electrons. The molecule has 26 heavy (non-hydrogen) atoms. The third-order valence-electron chi connectivity index (χ3n) is 7.21. The molecule has 4 aliphatic rings. The maximum atomic E-state index is 13.0. The highest BCUT2D eigenvalue weighted by atomic mass is 16.6. The second kappa shape index (κ2) is 6.29. The molecule has 1 N–H and O–H groups in total. The third-order valence-corrected chi connectivity index (χ3v) is 7.21. The summed E-state index contributed by atoms with van der Waals surface area (Å²) in [5.41, 5.74) is 0.908. The number of para-hydroxylation sites is 1. The first-order valence-corrected chi connectivity index (χ1v) is 9.85. The van der Waals surface area contributed by atoms with E-state index in [1.54, 1.807) is 24.3 Å². The van der Waals surface area contributed by atoms with Crippen molar-refractivity contribution in [2.75, 3.05) is 0 Å². The lowest BCUT2D eigenvalue weighted by Crippen LogP contribution is -2.59. The Bertz CT molecular complexity index is 733. The predicted molar refractivity (Wildman–Crippen MR) is 103 cm³/mol. The van der Waals surface area contributed by atoms with E-state index in [-0.39, 0.29) is 16.9 Å². The van der Waals surface area contributed by atoms with Crippen LogP contribution < -0.4 is 0 Å². The molecule has 0 heterocycles. The highest BCUT2D eigenvalue weighted by Crippen LogP contribution is 2.60. The lowest BCUT2D eigenvalue weighted by molar-refractivity contribution is -0.205. The summed E-state index contributed by atoms with van der Waals surface area (Å²) in [6, 6.07) is 5.26. The summed E-state index contributed by atoms with van der Waals surface area (Å²) in [4.78, 5) is 13.0. The average molecular weight is 352 g/mol. The summed E-state index contributed by atoms with van der Waals surface area (Å²) in [6.07, 6.45) is 8.57. The Morgan fingerprint density at radius 3 is 2.38 bits per heavy atom. The Morgan fingerprint density at radius 1 is 1.23 bits per heavy atom. The summed E-state index contributed by atoms with van der Waals surface area (Å²) in [5, 5.41) is 10.4. The molecule has 3 heteroatoms. The Labute approximate surface area is 155 Å². The van der Waals surface area contributed by atoms with Crippen LogP contribution >= 0.6 is 0 Å². The van der Waals surface area contributed by atoms with E-state index in [0.29, 0.717) is 23.0 Å². The lowest BCUT2D eigenvalue weighted by Gasteiger charge is -2.60. The Hall–Kier alpha value is -2.03. The molecule has 0 radical (unpaired) electrons. The number of aromatic hydroxyl groups is 1. The minimum atomic E-state index is -0.393. The van der Waals surface area contributed by atoms with Gasteiger partial charge in [-0.2, -0.15) is 0 Å². The zero-order chi connectivity index (χ0) is 18.5. The van der Waals surface area contributed by atoms with Crippen molar-refractivity contribution >= 4 is 17.6 Å². The Balaban J connectivity index is 1.59. The molecule has 4 saturated carbocycles. The molecule has 0 atom stereocenters. The molecule has 4 aliphatic carbocycles. The quantitative estimate of drug-likeness (QED) is 0.585. The molecule has 0 spiro atoms. The molecule has 0 unspecified atom stereocenters. The fourth-order valence-corrected chi connectivity index (χ4v) is 6.11. The van der Waals surface area contributed by atoms with Crippen LogP contribution in [0.2, 0.25) is 0 Å². The SMILES string of the molecule is C=Cc1cccc(C(=C)C(=O)OC2(CC)C3CC4CC(C3)CC2C4)c1O. The van der Waals surface area contributed by atoms with Crippen LogP contribution in [-0.2, 0) is 9.53 Å². The number of hydrogen-bond acceptors (Lipinski definition) is 3. The van der Waals surface area contributed by atoms with Gasteiger partial charge in [0.15, 0.2) is 0 Å². The van der Waals surface area contributed by atoms with E-state index in [0.717, 1.165) is 18.3 Å². The summed E-state index contributed by atoms with van der Waals surface area (Å²) in [5.74, 6) is 2.26. The molecule has 0 saturated heterocycles. The van der Waals surface area contributed by atoms with Gasteiger partial charge in [-0.1, -0.05) is 44.4 Å². The van der Waals surface area contributed by atoms with E-state index in [1.807, 2.05) is 0 Å². The number of phenolic OH excluding ortho intramolecular Hbond substituents is 1. The monoisotopic (exact) mass is 352 g/mol. The van der Waals surface area contributed by atoms with Crippen molar-refractivity contribution in [1.29, 1.82) is 0 Å². The minimum absolute atomic E-state index is 0.0417. The molecule has 4 fully saturated rings. The Kier molecular flexibility index (Phi) is 4.21. The molecule has 1 aromatic carbocycles. The van der Waals surface area contributed by atoms with Gasteiger partial charge in [0.05, 0.1) is 5.57 Å². The van der Waals surface area contributed by atoms with Crippen LogP contribution in [0.3, 0.4) is 0 Å². The van der Waals surface area contributed by atoms with E-state index < -0.39 is 5.97 Å². The van der Waals surface area contributed by atoms with Crippen LogP contribution in [0.15, 0.2) is 31.4 Å². The van der Waals surface area contributed by atoms with Gasteiger partial charge in [-0.15, -0.1) is 0 Å². The number of hydrogen-bond donors (Lipinski definition) is 1. The maximum Gasteiger partial charge on any atom is 0.338 e. The van der Waals surface area contributed by atoms with Gasteiger partial charge >= 0.3 is 5.97 Å². The van der Waals surface area contributed by atoms with E-state index in [1.165, 1.54) is 32.1 Å². The summed E-state index contributed by atoms with van der Waals surface area (Å²) in [6.45, 7) is 9.79. The summed E-state index contributed by atoms with van der Waals surface area (Å²) in [7, 11) is 0. The number of ether oxygens (including phenoxy) is 1. The standard InChI is InChI=1S/C23H28O3/c1-4-17-7-6-8-20(21(17)24)14(3)22(25)26-23(5-2)18-10-15-9-16(12-18)13-19(23)11-15/h4,6-8,15-16,18-19,24H,1,3,5,9-13H2,2H3. The first-order valence-electron chi connectivity index (χ1n) is 9.85. The van der Waals surface area contributed by atoms with Crippen LogP contribution in [0.25, 0.3) is 11.6 Å². The van der Waals surface area contributed by atoms with Gasteiger partial charge in [-0.3, -0.25) is 0 Å². The molecule has 3 nitrogen and oxygen atoms in total. The van der Waals surface area contributed by atoms with Crippen LogP contribution in [0.4, 0.5) is 0 Å². The van der Waals surface area contributed by atoms with Crippen LogP contribution in [0.5, 0.6) is 5.75 Å². The van der Waals surface area contributed by atoms with E-state index in [4.69, 9.17) is 4.74 Å². The molecule has 0 aliphatic heterocycles. The largest absolute Gasteiger partial charge is 0.507 e. The normalized spacial score (nSPS) is 34.5. The lowest BCUT2D eigenvalue weighted by atomic mass is 9.49. The van der Waals surface area contributed by atoms with Gasteiger partial charge in [0.2, 0.25) is 0 Å². The molecule has 5 rings (SSSR count). The molecule has 1 aromatic rings. The van der Waals surface area contributed by atoms with Crippen molar-refractivity contribution in [1.82, 2.24) is 0 Å². The van der Waals surface area contributed by atoms with Crippen molar-refractivity contribution in [3.8, 4) is 5.75 Å². The third kappa shape index (κ3) is 2.52. The zero-order valence-electron chi connectivity index (χ0n) is 15.5. The van der Waals surface area contributed by atoms with E-state index in [9.17, 15) is 9.90 Å². The minimum Gasteiger partial charge on any atom is -0.507 e. The fraction of sp³-hybridized carbons (Fsp3) is 0.522. The zero-order valence-corrected chi connectivity index (χ0v) is 15.5. The topological polar surface area (TPSA) is 46.5 Å². The van der Waals surface area contributed by atoms with Gasteiger partial charge in [-0.25, -0.2) is 4.79 Å². The Morgan fingerprint density at radius 2 is 1.85 bits per heavy atom. The average Bonchev–Trinajstić information content (AvgIpc) is 2.63. The van der Waals surface area contributed by atoms with Gasteiger partial charge in [0, 0.05) is 11.1 Å². The highest BCUT2D eigenvalue weighted by molar-refractivity contribution is 6.16. The number of carbonyl (C=O) groups is 1. The van der Waals surface area contributed by atoms with Crippen molar-refractivity contribution in [3.63, 3.8) is 0 Å². The van der Waals surface area contributed by atoms with Crippen LogP contribution in [-0.4, -0.2) is 16.7 Å². The predicted octanol–water partition coefficient (Wildman–Crippen LogP) is 5.20.